The number of esters is 1. The van der Waals surface area contributed by atoms with E-state index in [0.29, 0.717) is 23.7 Å². The van der Waals surface area contributed by atoms with Crippen LogP contribution in [0.3, 0.4) is 0 Å². The van der Waals surface area contributed by atoms with Crippen molar-refractivity contribution >= 4 is 38.6 Å². The van der Waals surface area contributed by atoms with Gasteiger partial charge in [0, 0.05) is 13.0 Å². The lowest BCUT2D eigenvalue weighted by atomic mass is 9.98. The Morgan fingerprint density at radius 3 is 2.80 bits per heavy atom. The lowest BCUT2D eigenvalue weighted by molar-refractivity contribution is -0.127. The number of hydrogen-bond donors (Lipinski definition) is 0. The maximum atomic E-state index is 13.0. The maximum absolute atomic E-state index is 13.0. The Kier molecular flexibility index (Phi) is 3.97. The van der Waals surface area contributed by atoms with E-state index in [-0.39, 0.29) is 5.91 Å². The van der Waals surface area contributed by atoms with Crippen LogP contribution in [0, 0.1) is 0 Å². The predicted molar refractivity (Wildman–Crippen MR) is 97.0 cm³/mol. The minimum atomic E-state index is -0.811. The van der Waals surface area contributed by atoms with Crippen molar-refractivity contribution < 1.29 is 14.3 Å². The highest BCUT2D eigenvalue weighted by Gasteiger charge is 2.34. The van der Waals surface area contributed by atoms with Crippen molar-refractivity contribution in [3.63, 3.8) is 0 Å². The van der Waals surface area contributed by atoms with Crippen LogP contribution in [0.2, 0.25) is 0 Å². The molecular weight excluding hydrogens is 336 g/mol. The molecule has 1 aliphatic heterocycles. The summed E-state index contributed by atoms with van der Waals surface area (Å²) < 4.78 is 6.42. The molecule has 0 bridgehead atoms. The molecule has 0 spiro atoms. The summed E-state index contributed by atoms with van der Waals surface area (Å²) in [5.41, 5.74) is 2.24. The number of carbonyl (C=O) groups excluding carboxylic acids is 2. The van der Waals surface area contributed by atoms with E-state index in [2.05, 4.69) is 4.98 Å². The molecule has 0 aliphatic carbocycles. The first-order valence-electron chi connectivity index (χ1n) is 8.13. The van der Waals surface area contributed by atoms with Crippen LogP contribution < -0.4 is 4.90 Å². The number of hydrogen-bond acceptors (Lipinski definition) is 5. The van der Waals surface area contributed by atoms with Crippen LogP contribution in [0.15, 0.2) is 48.5 Å². The number of carbonyl (C=O) groups is 2. The molecule has 3 aromatic rings. The van der Waals surface area contributed by atoms with Crippen LogP contribution in [0.4, 0.5) is 5.13 Å². The van der Waals surface area contributed by atoms with Gasteiger partial charge in [0.05, 0.1) is 15.8 Å². The van der Waals surface area contributed by atoms with Crippen LogP contribution in [0.1, 0.15) is 22.8 Å². The summed E-state index contributed by atoms with van der Waals surface area (Å²) in [5.74, 6) is -0.676. The highest BCUT2D eigenvalue weighted by molar-refractivity contribution is 7.22. The van der Waals surface area contributed by atoms with Crippen molar-refractivity contribution in [2.24, 2.45) is 0 Å². The van der Waals surface area contributed by atoms with Crippen molar-refractivity contribution in [3.8, 4) is 0 Å². The molecule has 6 heteroatoms. The Labute approximate surface area is 148 Å². The number of cyclic esters (lactones) is 1. The molecule has 0 fully saturated rings. The zero-order chi connectivity index (χ0) is 17.4. The van der Waals surface area contributed by atoms with E-state index in [1.54, 1.807) is 17.0 Å². The Balaban J connectivity index is 1.64. The Morgan fingerprint density at radius 1 is 1.24 bits per heavy atom. The molecule has 126 valence electrons. The Morgan fingerprint density at radius 2 is 2.00 bits per heavy atom. The number of amides is 1. The van der Waals surface area contributed by atoms with Crippen molar-refractivity contribution in [2.45, 2.75) is 19.4 Å². The van der Waals surface area contributed by atoms with Crippen LogP contribution >= 0.6 is 11.3 Å². The molecule has 1 atom stereocenters. The third-order valence-electron chi connectivity index (χ3n) is 4.26. The summed E-state index contributed by atoms with van der Waals surface area (Å²) in [6, 6.07) is 15.0. The largest absolute Gasteiger partial charge is 0.448 e. The monoisotopic (exact) mass is 352 g/mol. The minimum Gasteiger partial charge on any atom is -0.448 e. The van der Waals surface area contributed by atoms with Gasteiger partial charge in [0.25, 0.3) is 5.91 Å². The summed E-state index contributed by atoms with van der Waals surface area (Å²) in [7, 11) is 0. The number of benzene rings is 2. The topological polar surface area (TPSA) is 59.5 Å². The quantitative estimate of drug-likeness (QED) is 0.678. The molecule has 1 aliphatic rings. The molecule has 2 heterocycles. The van der Waals surface area contributed by atoms with Crippen LogP contribution in [0.5, 0.6) is 0 Å². The number of anilines is 1. The van der Waals surface area contributed by atoms with Gasteiger partial charge in [-0.2, -0.15) is 0 Å². The van der Waals surface area contributed by atoms with Crippen LogP contribution in [-0.4, -0.2) is 29.5 Å². The van der Waals surface area contributed by atoms with Gasteiger partial charge in [-0.15, -0.1) is 0 Å². The molecule has 5 nitrogen and oxygen atoms in total. The summed E-state index contributed by atoms with van der Waals surface area (Å²) in [6.07, 6.45) is -0.420. The molecule has 1 aromatic heterocycles. The Hall–Kier alpha value is -2.73. The van der Waals surface area contributed by atoms with Crippen molar-refractivity contribution in [1.82, 2.24) is 4.98 Å². The van der Waals surface area contributed by atoms with E-state index < -0.39 is 12.1 Å². The van der Waals surface area contributed by atoms with Gasteiger partial charge in [-0.05, 0) is 30.7 Å². The van der Waals surface area contributed by atoms with Gasteiger partial charge < -0.3 is 4.74 Å². The van der Waals surface area contributed by atoms with E-state index in [9.17, 15) is 9.59 Å². The maximum Gasteiger partial charge on any atom is 0.339 e. The van der Waals surface area contributed by atoms with Gasteiger partial charge in [0.15, 0.2) is 11.2 Å². The fourth-order valence-electron chi connectivity index (χ4n) is 3.00. The average Bonchev–Trinajstić information content (AvgIpc) is 3.06. The van der Waals surface area contributed by atoms with E-state index in [4.69, 9.17) is 4.74 Å². The van der Waals surface area contributed by atoms with Gasteiger partial charge in [-0.3, -0.25) is 9.69 Å². The van der Waals surface area contributed by atoms with Crippen molar-refractivity contribution in [1.29, 1.82) is 0 Å². The molecular formula is C19H16N2O3S. The highest BCUT2D eigenvalue weighted by atomic mass is 32.1. The second kappa shape index (κ2) is 6.29. The van der Waals surface area contributed by atoms with E-state index in [0.717, 1.165) is 15.8 Å². The first kappa shape index (κ1) is 15.8. The summed E-state index contributed by atoms with van der Waals surface area (Å²) in [4.78, 5) is 31.3. The standard InChI is InChI=1S/C19H16N2O3S/c1-2-21(19-20-14-9-5-6-10-16(14)25-19)17(22)15-11-12-7-3-4-8-13(12)18(23)24-15/h3-10,15H,2,11H2,1H3. The smallest absolute Gasteiger partial charge is 0.339 e. The molecule has 0 saturated heterocycles. The number of thiazole rings is 1. The number of para-hydroxylation sites is 1. The fourth-order valence-corrected chi connectivity index (χ4v) is 4.04. The van der Waals surface area contributed by atoms with Crippen molar-refractivity contribution in [3.05, 3.63) is 59.7 Å². The van der Waals surface area contributed by atoms with E-state index >= 15 is 0 Å². The lowest BCUT2D eigenvalue weighted by Gasteiger charge is -2.27. The molecule has 2 aromatic carbocycles. The van der Waals surface area contributed by atoms with Crippen molar-refractivity contribution in [2.75, 3.05) is 11.4 Å². The average molecular weight is 352 g/mol. The Bertz CT molecular complexity index is 933. The van der Waals surface area contributed by atoms with Gasteiger partial charge in [0.1, 0.15) is 0 Å². The normalized spacial score (nSPS) is 16.4. The second-order valence-corrected chi connectivity index (χ2v) is 6.81. The van der Waals surface area contributed by atoms with Gasteiger partial charge in [-0.1, -0.05) is 41.7 Å². The zero-order valence-electron chi connectivity index (χ0n) is 13.6. The number of nitrogens with zero attached hydrogens (tertiary/aromatic N) is 2. The summed E-state index contributed by atoms with van der Waals surface area (Å²) in [5, 5.41) is 0.628. The summed E-state index contributed by atoms with van der Waals surface area (Å²) in [6.45, 7) is 2.36. The third-order valence-corrected chi connectivity index (χ3v) is 5.32. The van der Waals surface area contributed by atoms with Gasteiger partial charge in [-0.25, -0.2) is 9.78 Å². The molecule has 25 heavy (non-hydrogen) atoms. The second-order valence-electron chi connectivity index (χ2n) is 5.80. The van der Waals surface area contributed by atoms with Crippen LogP contribution in [0.25, 0.3) is 10.2 Å². The van der Waals surface area contributed by atoms with E-state index in [1.807, 2.05) is 43.3 Å². The lowest BCUT2D eigenvalue weighted by Crippen LogP contribution is -2.44. The zero-order valence-corrected chi connectivity index (χ0v) is 14.5. The van der Waals surface area contributed by atoms with Gasteiger partial charge in [0.2, 0.25) is 0 Å². The number of fused-ring (bicyclic) bond motifs is 2. The SMILES string of the molecule is CCN(C(=O)C1Cc2ccccc2C(=O)O1)c1nc2ccccc2s1. The molecule has 0 N–H and O–H groups in total. The van der Waals surface area contributed by atoms with Crippen LogP contribution in [-0.2, 0) is 16.0 Å². The number of aromatic nitrogens is 1. The predicted octanol–water partition coefficient (Wildman–Crippen LogP) is 3.43. The van der Waals surface area contributed by atoms with E-state index in [1.165, 1.54) is 11.3 Å². The highest BCUT2D eigenvalue weighted by Crippen LogP contribution is 2.30. The summed E-state index contributed by atoms with van der Waals surface area (Å²) >= 11 is 1.46. The molecule has 0 radical (unpaired) electrons. The fraction of sp³-hybridized carbons (Fsp3) is 0.211. The molecule has 4 rings (SSSR count). The minimum absolute atomic E-state index is 0.232. The molecule has 1 amide bonds. The van der Waals surface area contributed by atoms with Gasteiger partial charge >= 0.3 is 5.97 Å². The number of rotatable bonds is 3. The number of likely N-dealkylation sites (N-methyl/N-ethyl adjacent to an activating group) is 1. The molecule has 0 saturated carbocycles. The first-order valence-corrected chi connectivity index (χ1v) is 8.95. The number of ether oxygens (including phenoxy) is 1. The third kappa shape index (κ3) is 2.78. The first-order chi connectivity index (χ1) is 12.2. The molecule has 1 unspecified atom stereocenters.